The van der Waals surface area contributed by atoms with Gasteiger partial charge in [-0.05, 0) is 13.8 Å². The van der Waals surface area contributed by atoms with E-state index in [2.05, 4.69) is 0 Å². The van der Waals surface area contributed by atoms with Crippen LogP contribution in [0, 0.1) is 0 Å². The van der Waals surface area contributed by atoms with Crippen LogP contribution in [0.1, 0.15) is 27.2 Å². The van der Waals surface area contributed by atoms with E-state index in [0.29, 0.717) is 6.42 Å². The highest BCUT2D eigenvalue weighted by atomic mass is 16.7. The highest BCUT2D eigenvalue weighted by molar-refractivity contribution is 5.66. The van der Waals surface area contributed by atoms with Crippen molar-refractivity contribution in [2.45, 2.75) is 82.5 Å². The van der Waals surface area contributed by atoms with Gasteiger partial charge in [-0.3, -0.25) is 4.79 Å². The summed E-state index contributed by atoms with van der Waals surface area (Å²) in [5, 5.41) is 39.5. The third-order valence-electron chi connectivity index (χ3n) is 4.00. The van der Waals surface area contributed by atoms with Crippen LogP contribution in [-0.2, 0) is 23.7 Å². The Bertz CT molecular complexity index is 417. The second-order valence-electron chi connectivity index (χ2n) is 6.00. The van der Waals surface area contributed by atoms with Gasteiger partial charge in [0.1, 0.15) is 30.5 Å². The molecule has 0 amide bonds. The number of hydrogen-bond donors (Lipinski definition) is 4. The number of esters is 1. The number of ether oxygens (including phenoxy) is 4. The first-order chi connectivity index (χ1) is 10.7. The molecule has 2 rings (SSSR count). The molecule has 4 N–H and O–H groups in total. The van der Waals surface area contributed by atoms with Crippen molar-refractivity contribution in [3.05, 3.63) is 0 Å². The summed E-state index contributed by atoms with van der Waals surface area (Å²) < 4.78 is 21.2. The predicted molar refractivity (Wildman–Crippen MR) is 74.0 cm³/mol. The molecule has 0 bridgehead atoms. The average molecular weight is 336 g/mol. The minimum atomic E-state index is -1.52. The third-order valence-corrected chi connectivity index (χ3v) is 4.00. The van der Waals surface area contributed by atoms with Crippen molar-refractivity contribution in [1.82, 2.24) is 0 Å². The molecule has 2 saturated heterocycles. The largest absolute Gasteiger partial charge is 0.459 e. The lowest BCUT2D eigenvalue weighted by atomic mass is 9.99. The molecule has 9 unspecified atom stereocenters. The summed E-state index contributed by atoms with van der Waals surface area (Å²) in [6.45, 7) is 4.46. The molecular formula is C14H24O9. The summed E-state index contributed by atoms with van der Waals surface area (Å²) in [4.78, 5) is 11.2. The van der Waals surface area contributed by atoms with E-state index >= 15 is 0 Å². The molecule has 2 heterocycles. The van der Waals surface area contributed by atoms with Gasteiger partial charge in [-0.15, -0.1) is 0 Å². The lowest BCUT2D eigenvalue weighted by Gasteiger charge is -2.43. The van der Waals surface area contributed by atoms with Crippen molar-refractivity contribution in [1.29, 1.82) is 0 Å². The van der Waals surface area contributed by atoms with E-state index in [1.807, 2.05) is 0 Å². The lowest BCUT2D eigenvalue weighted by molar-refractivity contribution is -0.345. The Morgan fingerprint density at radius 2 is 1.70 bits per heavy atom. The molecule has 0 saturated carbocycles. The van der Waals surface area contributed by atoms with Crippen LogP contribution in [0.5, 0.6) is 0 Å². The van der Waals surface area contributed by atoms with Gasteiger partial charge in [0.25, 0.3) is 0 Å². The summed E-state index contributed by atoms with van der Waals surface area (Å²) >= 11 is 0. The van der Waals surface area contributed by atoms with E-state index < -0.39 is 55.2 Å². The molecule has 0 radical (unpaired) electrons. The quantitative estimate of drug-likeness (QED) is 0.443. The zero-order valence-electron chi connectivity index (χ0n) is 13.2. The first kappa shape index (κ1) is 18.5. The van der Waals surface area contributed by atoms with Crippen LogP contribution in [0.2, 0.25) is 0 Å². The van der Waals surface area contributed by atoms with Gasteiger partial charge in [0.05, 0.1) is 12.2 Å². The summed E-state index contributed by atoms with van der Waals surface area (Å²) in [6, 6.07) is 0. The first-order valence-corrected chi connectivity index (χ1v) is 7.56. The third kappa shape index (κ3) is 4.18. The predicted octanol–water partition coefficient (Wildman–Crippen LogP) is -1.74. The molecule has 2 aliphatic heterocycles. The van der Waals surface area contributed by atoms with E-state index in [9.17, 15) is 25.2 Å². The minimum absolute atomic E-state index is 0.296. The van der Waals surface area contributed by atoms with E-state index in [4.69, 9.17) is 18.9 Å². The number of carbonyl (C=O) groups excluding carboxylic acids is 1. The molecule has 0 aromatic rings. The molecule has 134 valence electrons. The van der Waals surface area contributed by atoms with Crippen molar-refractivity contribution in [3.63, 3.8) is 0 Å². The fraction of sp³-hybridized carbons (Fsp3) is 0.929. The van der Waals surface area contributed by atoms with Crippen LogP contribution in [0.3, 0.4) is 0 Å². The lowest BCUT2D eigenvalue weighted by Crippen LogP contribution is -2.60. The molecule has 0 aromatic carbocycles. The van der Waals surface area contributed by atoms with Gasteiger partial charge < -0.3 is 39.4 Å². The van der Waals surface area contributed by atoms with Crippen LogP contribution >= 0.6 is 0 Å². The van der Waals surface area contributed by atoms with Crippen LogP contribution in [0.15, 0.2) is 0 Å². The molecule has 23 heavy (non-hydrogen) atoms. The highest BCUT2D eigenvalue weighted by Gasteiger charge is 2.47. The summed E-state index contributed by atoms with van der Waals surface area (Å²) in [5.41, 5.74) is 0. The van der Waals surface area contributed by atoms with Gasteiger partial charge in [0.15, 0.2) is 12.6 Å². The zero-order valence-corrected chi connectivity index (χ0v) is 13.2. The van der Waals surface area contributed by atoms with Crippen molar-refractivity contribution in [2.24, 2.45) is 0 Å². The SMILES string of the molecule is CC(=O)OC1CC(C)OC(O)C1OC1OC(C)C(O)C(O)C1O. The molecule has 0 spiro atoms. The van der Waals surface area contributed by atoms with Crippen LogP contribution in [0.4, 0.5) is 0 Å². The Morgan fingerprint density at radius 1 is 1.04 bits per heavy atom. The molecule has 9 atom stereocenters. The van der Waals surface area contributed by atoms with E-state index in [-0.39, 0.29) is 6.10 Å². The fourth-order valence-electron chi connectivity index (χ4n) is 2.78. The average Bonchev–Trinajstić information content (AvgIpc) is 2.45. The molecule has 2 aliphatic rings. The minimum Gasteiger partial charge on any atom is -0.459 e. The maximum Gasteiger partial charge on any atom is 0.302 e. The summed E-state index contributed by atoms with van der Waals surface area (Å²) in [5.74, 6) is -0.543. The van der Waals surface area contributed by atoms with Gasteiger partial charge >= 0.3 is 5.97 Å². The zero-order chi connectivity index (χ0) is 17.3. The van der Waals surface area contributed by atoms with E-state index in [1.165, 1.54) is 13.8 Å². The topological polar surface area (TPSA) is 135 Å². The Hall–Kier alpha value is -0.810. The maximum atomic E-state index is 11.2. The fourth-order valence-corrected chi connectivity index (χ4v) is 2.78. The Labute approximate surface area is 133 Å². The standard InChI is InChI=1S/C14H24O9/c1-5-4-8(22-7(3)15)12(13(19)20-5)23-14-11(18)10(17)9(16)6(2)21-14/h5-6,8-14,16-19H,4H2,1-3H3. The number of aliphatic hydroxyl groups excluding tert-OH is 4. The second-order valence-corrected chi connectivity index (χ2v) is 6.00. The maximum absolute atomic E-state index is 11.2. The normalized spacial score (nSPS) is 48.0. The Kier molecular flexibility index (Phi) is 5.95. The molecule has 9 heteroatoms. The molecule has 0 aliphatic carbocycles. The van der Waals surface area contributed by atoms with Crippen LogP contribution in [-0.4, -0.2) is 81.7 Å². The summed E-state index contributed by atoms with van der Waals surface area (Å²) in [7, 11) is 0. The number of carbonyl (C=O) groups is 1. The Morgan fingerprint density at radius 3 is 2.30 bits per heavy atom. The van der Waals surface area contributed by atoms with Gasteiger partial charge in [0, 0.05) is 13.3 Å². The van der Waals surface area contributed by atoms with Gasteiger partial charge in [-0.1, -0.05) is 0 Å². The molecule has 0 aromatic heterocycles. The van der Waals surface area contributed by atoms with Crippen molar-refractivity contribution >= 4 is 5.97 Å². The Balaban J connectivity index is 2.09. The number of aliphatic hydroxyl groups is 4. The smallest absolute Gasteiger partial charge is 0.302 e. The van der Waals surface area contributed by atoms with Crippen molar-refractivity contribution in [2.75, 3.05) is 0 Å². The second kappa shape index (κ2) is 7.39. The molecular weight excluding hydrogens is 312 g/mol. The molecule has 9 nitrogen and oxygen atoms in total. The molecule has 2 fully saturated rings. The monoisotopic (exact) mass is 336 g/mol. The van der Waals surface area contributed by atoms with Gasteiger partial charge in [-0.2, -0.15) is 0 Å². The number of rotatable bonds is 3. The number of hydrogen-bond acceptors (Lipinski definition) is 9. The van der Waals surface area contributed by atoms with Crippen molar-refractivity contribution in [3.8, 4) is 0 Å². The van der Waals surface area contributed by atoms with Crippen molar-refractivity contribution < 1.29 is 44.2 Å². The van der Waals surface area contributed by atoms with Gasteiger partial charge in [0.2, 0.25) is 0 Å². The van der Waals surface area contributed by atoms with Crippen LogP contribution < -0.4 is 0 Å². The highest BCUT2D eigenvalue weighted by Crippen LogP contribution is 2.29. The van der Waals surface area contributed by atoms with E-state index in [1.54, 1.807) is 6.92 Å². The first-order valence-electron chi connectivity index (χ1n) is 7.56. The summed E-state index contributed by atoms with van der Waals surface area (Å²) in [6.07, 6.45) is -9.67. The van der Waals surface area contributed by atoms with E-state index in [0.717, 1.165) is 0 Å². The van der Waals surface area contributed by atoms with Crippen LogP contribution in [0.25, 0.3) is 0 Å². The van der Waals surface area contributed by atoms with Gasteiger partial charge in [-0.25, -0.2) is 0 Å².